The molecule has 0 atom stereocenters. The predicted octanol–water partition coefficient (Wildman–Crippen LogP) is 0.769. The minimum absolute atomic E-state index is 0.0498. The number of hydrogen-bond donors (Lipinski definition) is 3. The summed E-state index contributed by atoms with van der Waals surface area (Å²) in [5, 5.41) is 5.56. The van der Waals surface area contributed by atoms with Crippen LogP contribution in [0.1, 0.15) is 18.4 Å². The first-order valence-corrected chi connectivity index (χ1v) is 6.94. The molecule has 1 saturated heterocycles. The predicted molar refractivity (Wildman–Crippen MR) is 74.4 cm³/mol. The van der Waals surface area contributed by atoms with Gasteiger partial charge in [0.05, 0.1) is 24.6 Å². The monoisotopic (exact) mass is 289 g/mol. The second-order valence-corrected chi connectivity index (χ2v) is 5.52. The van der Waals surface area contributed by atoms with Gasteiger partial charge in [0.25, 0.3) is 11.7 Å². The van der Waals surface area contributed by atoms with E-state index in [4.69, 9.17) is 15.2 Å². The largest absolute Gasteiger partial charge is 0.399 e. The van der Waals surface area contributed by atoms with Gasteiger partial charge in [-0.25, -0.2) is 0 Å². The zero-order chi connectivity index (χ0) is 14.6. The van der Waals surface area contributed by atoms with Gasteiger partial charge in [-0.15, -0.1) is 0 Å². The summed E-state index contributed by atoms with van der Waals surface area (Å²) in [6.45, 7) is 0.677. The van der Waals surface area contributed by atoms with Crippen molar-refractivity contribution < 1.29 is 19.1 Å². The number of nitrogen functional groups attached to an aromatic ring is 1. The number of carbonyl (C=O) groups excluding carboxylic acids is 2. The summed E-state index contributed by atoms with van der Waals surface area (Å²) in [5.74, 6) is -1.80. The molecular weight excluding hydrogens is 274 g/mol. The van der Waals surface area contributed by atoms with Crippen LogP contribution in [-0.4, -0.2) is 25.0 Å². The number of carbonyl (C=O) groups is 2. The molecule has 110 valence electrons. The van der Waals surface area contributed by atoms with Crippen LogP contribution in [0.3, 0.4) is 0 Å². The maximum atomic E-state index is 12.2. The van der Waals surface area contributed by atoms with E-state index in [-0.39, 0.29) is 17.7 Å². The van der Waals surface area contributed by atoms with Crippen molar-refractivity contribution in [2.45, 2.75) is 18.6 Å². The zero-order valence-electron chi connectivity index (χ0n) is 11.3. The van der Waals surface area contributed by atoms with Crippen molar-refractivity contribution in [1.29, 1.82) is 0 Å². The Balaban J connectivity index is 1.77. The third-order valence-corrected chi connectivity index (χ3v) is 3.95. The fourth-order valence-corrected chi connectivity index (χ4v) is 2.75. The van der Waals surface area contributed by atoms with Gasteiger partial charge in [0, 0.05) is 17.2 Å². The summed E-state index contributed by atoms with van der Waals surface area (Å²) in [7, 11) is 0. The molecule has 2 fully saturated rings. The maximum Gasteiger partial charge on any atom is 0.290 e. The second-order valence-electron chi connectivity index (χ2n) is 5.52. The highest BCUT2D eigenvalue weighted by Crippen LogP contribution is 2.47. The SMILES string of the molecule is Nc1cc(NC(=O)C2CC2)c2c(c1)C1(OCCO1)C(=O)N2. The lowest BCUT2D eigenvalue weighted by molar-refractivity contribution is -0.178. The van der Waals surface area contributed by atoms with Gasteiger partial charge in [0.15, 0.2) is 0 Å². The van der Waals surface area contributed by atoms with Crippen LogP contribution in [0.5, 0.6) is 0 Å². The van der Waals surface area contributed by atoms with Crippen molar-refractivity contribution in [2.75, 3.05) is 29.6 Å². The molecule has 2 amide bonds. The highest BCUT2D eigenvalue weighted by molar-refractivity contribution is 6.10. The lowest BCUT2D eigenvalue weighted by atomic mass is 10.0. The highest BCUT2D eigenvalue weighted by Gasteiger charge is 2.53. The lowest BCUT2D eigenvalue weighted by Gasteiger charge is -2.19. The quantitative estimate of drug-likeness (QED) is 0.698. The van der Waals surface area contributed by atoms with Gasteiger partial charge in [0.1, 0.15) is 0 Å². The molecule has 1 saturated carbocycles. The molecule has 4 rings (SSSR count). The van der Waals surface area contributed by atoms with Crippen LogP contribution in [0.25, 0.3) is 0 Å². The normalized spacial score (nSPS) is 22.2. The first kappa shape index (κ1) is 12.6. The molecular formula is C14H15N3O4. The summed E-state index contributed by atoms with van der Waals surface area (Å²) in [4.78, 5) is 24.2. The van der Waals surface area contributed by atoms with Gasteiger partial charge in [0.2, 0.25) is 5.91 Å². The summed E-state index contributed by atoms with van der Waals surface area (Å²) < 4.78 is 11.0. The van der Waals surface area contributed by atoms with Crippen LogP contribution in [0, 0.1) is 5.92 Å². The summed E-state index contributed by atoms with van der Waals surface area (Å²) in [5.41, 5.74) is 7.85. The van der Waals surface area contributed by atoms with Crippen molar-refractivity contribution >= 4 is 28.9 Å². The number of hydrogen-bond acceptors (Lipinski definition) is 5. The molecule has 1 aromatic rings. The molecule has 21 heavy (non-hydrogen) atoms. The molecule has 0 radical (unpaired) electrons. The minimum atomic E-state index is -1.43. The molecule has 0 unspecified atom stereocenters. The van der Waals surface area contributed by atoms with Crippen molar-refractivity contribution in [1.82, 2.24) is 0 Å². The number of nitrogens with one attached hydrogen (secondary N) is 2. The van der Waals surface area contributed by atoms with Crippen molar-refractivity contribution in [3.8, 4) is 0 Å². The number of benzene rings is 1. The molecule has 7 nitrogen and oxygen atoms in total. The highest BCUT2D eigenvalue weighted by atomic mass is 16.7. The number of fused-ring (bicyclic) bond motifs is 2. The second kappa shape index (κ2) is 4.19. The molecule has 7 heteroatoms. The number of rotatable bonds is 2. The molecule has 0 bridgehead atoms. The van der Waals surface area contributed by atoms with Crippen molar-refractivity contribution in [3.63, 3.8) is 0 Å². The zero-order valence-corrected chi connectivity index (χ0v) is 11.3. The number of nitrogens with two attached hydrogens (primary N) is 1. The fourth-order valence-electron chi connectivity index (χ4n) is 2.75. The van der Waals surface area contributed by atoms with Gasteiger partial charge < -0.3 is 25.8 Å². The standard InChI is InChI=1S/C14H15N3O4/c15-8-5-9-11(10(6-8)16-12(18)7-1-2-7)17-13(19)14(9)20-3-4-21-14/h5-7H,1-4,15H2,(H,16,18)(H,17,19). The Labute approximate surface area is 120 Å². The molecule has 1 spiro atoms. The number of ether oxygens (including phenoxy) is 2. The van der Waals surface area contributed by atoms with Crippen LogP contribution >= 0.6 is 0 Å². The minimum Gasteiger partial charge on any atom is -0.399 e. The van der Waals surface area contributed by atoms with Crippen LogP contribution < -0.4 is 16.4 Å². The van der Waals surface area contributed by atoms with E-state index >= 15 is 0 Å². The topological polar surface area (TPSA) is 103 Å². The third-order valence-electron chi connectivity index (χ3n) is 3.95. The van der Waals surface area contributed by atoms with Gasteiger partial charge in [-0.1, -0.05) is 0 Å². The Morgan fingerprint density at radius 1 is 1.33 bits per heavy atom. The van der Waals surface area contributed by atoms with Gasteiger partial charge >= 0.3 is 0 Å². The molecule has 1 aromatic carbocycles. The number of amides is 2. The maximum absolute atomic E-state index is 12.2. The molecule has 4 N–H and O–H groups in total. The molecule has 2 aliphatic heterocycles. The summed E-state index contributed by atoms with van der Waals surface area (Å²) in [6, 6.07) is 3.28. The Morgan fingerprint density at radius 2 is 2.05 bits per heavy atom. The summed E-state index contributed by atoms with van der Waals surface area (Å²) >= 11 is 0. The Morgan fingerprint density at radius 3 is 2.71 bits per heavy atom. The van der Waals surface area contributed by atoms with E-state index in [9.17, 15) is 9.59 Å². The van der Waals surface area contributed by atoms with E-state index in [1.807, 2.05) is 0 Å². The van der Waals surface area contributed by atoms with E-state index in [0.717, 1.165) is 12.8 Å². The first-order valence-electron chi connectivity index (χ1n) is 6.94. The Bertz CT molecular complexity index is 648. The number of anilines is 3. The van der Waals surface area contributed by atoms with Gasteiger partial charge in [-0.3, -0.25) is 9.59 Å². The van der Waals surface area contributed by atoms with Crippen LogP contribution in [0.4, 0.5) is 17.1 Å². The Hall–Kier alpha value is -2.12. The van der Waals surface area contributed by atoms with E-state index in [0.29, 0.717) is 35.8 Å². The van der Waals surface area contributed by atoms with Crippen LogP contribution in [-0.2, 0) is 24.8 Å². The fraction of sp³-hybridized carbons (Fsp3) is 0.429. The van der Waals surface area contributed by atoms with E-state index < -0.39 is 5.79 Å². The molecule has 1 aliphatic carbocycles. The van der Waals surface area contributed by atoms with Crippen molar-refractivity contribution in [2.24, 2.45) is 5.92 Å². The first-order chi connectivity index (χ1) is 10.1. The van der Waals surface area contributed by atoms with E-state index in [2.05, 4.69) is 10.6 Å². The van der Waals surface area contributed by atoms with Gasteiger partial charge in [-0.2, -0.15) is 0 Å². The summed E-state index contributed by atoms with van der Waals surface area (Å²) in [6.07, 6.45) is 1.80. The van der Waals surface area contributed by atoms with Crippen molar-refractivity contribution in [3.05, 3.63) is 17.7 Å². The smallest absolute Gasteiger partial charge is 0.290 e. The average Bonchev–Trinajstić information content (AvgIpc) is 3.12. The molecule has 0 aromatic heterocycles. The van der Waals surface area contributed by atoms with Gasteiger partial charge in [-0.05, 0) is 25.0 Å². The third kappa shape index (κ3) is 1.81. The van der Waals surface area contributed by atoms with E-state index in [1.54, 1.807) is 12.1 Å². The average molecular weight is 289 g/mol. The Kier molecular flexibility index (Phi) is 2.51. The van der Waals surface area contributed by atoms with E-state index in [1.165, 1.54) is 0 Å². The molecule has 3 aliphatic rings. The van der Waals surface area contributed by atoms with Crippen LogP contribution in [0.15, 0.2) is 12.1 Å². The lowest BCUT2D eigenvalue weighted by Crippen LogP contribution is -2.35. The molecule has 2 heterocycles. The van der Waals surface area contributed by atoms with Crippen LogP contribution in [0.2, 0.25) is 0 Å².